The number of hydrogen-bond donors (Lipinski definition) is 4. The predicted octanol–water partition coefficient (Wildman–Crippen LogP) is 2.24. The van der Waals surface area contributed by atoms with Crippen molar-refractivity contribution < 1.29 is 24.2 Å². The number of carboxylic acid groups (broad SMARTS) is 1. The van der Waals surface area contributed by atoms with Crippen LogP contribution in [0.15, 0.2) is 41.0 Å². The van der Waals surface area contributed by atoms with Crippen LogP contribution in [0.25, 0.3) is 0 Å². The van der Waals surface area contributed by atoms with Gasteiger partial charge in [-0.15, -0.1) is 0 Å². The molecule has 0 aliphatic carbocycles. The molecule has 0 aliphatic rings. The summed E-state index contributed by atoms with van der Waals surface area (Å²) < 4.78 is 6.77. The molecule has 2 aromatic rings. The Kier molecular flexibility index (Phi) is 6.23. The summed E-state index contributed by atoms with van der Waals surface area (Å²) in [5.74, 6) is -0.515. The van der Waals surface area contributed by atoms with Crippen LogP contribution in [0.2, 0.25) is 0 Å². The number of amides is 3. The highest BCUT2D eigenvalue weighted by Gasteiger charge is 2.20. The highest BCUT2D eigenvalue weighted by Crippen LogP contribution is 2.21. The van der Waals surface area contributed by atoms with Gasteiger partial charge in [-0.25, -0.2) is 4.79 Å². The normalized spacial score (nSPS) is 11.3. The third-order valence-corrected chi connectivity index (χ3v) is 3.98. The second kappa shape index (κ2) is 8.39. The topological polar surface area (TPSA) is 122 Å². The maximum Gasteiger partial charge on any atom is 0.405 e. The number of nitrogens with one attached hydrogen (secondary N) is 3. The number of carbonyl (C=O) groups excluding carboxylic acids is 2. The maximum atomic E-state index is 12.6. The van der Waals surface area contributed by atoms with Gasteiger partial charge < -0.3 is 20.5 Å². The zero-order chi connectivity index (χ0) is 19.3. The molecule has 138 valence electrons. The molecule has 2 rings (SSSR count). The van der Waals surface area contributed by atoms with Gasteiger partial charge in [0.1, 0.15) is 17.5 Å². The van der Waals surface area contributed by atoms with Gasteiger partial charge in [0.05, 0.1) is 11.6 Å². The number of carbonyl (C=O) groups is 3. The molecule has 0 fully saturated rings. The van der Waals surface area contributed by atoms with Crippen molar-refractivity contribution in [2.45, 2.75) is 13.0 Å². The minimum Gasteiger partial charge on any atom is -0.497 e. The van der Waals surface area contributed by atoms with Crippen LogP contribution in [0.4, 0.5) is 10.5 Å². The fourth-order valence-electron chi connectivity index (χ4n) is 2.08. The van der Waals surface area contributed by atoms with Crippen LogP contribution in [-0.2, 0) is 4.79 Å². The van der Waals surface area contributed by atoms with E-state index in [0.29, 0.717) is 15.9 Å². The quantitative estimate of drug-likeness (QED) is 0.566. The molecule has 0 aliphatic heterocycles. The van der Waals surface area contributed by atoms with Crippen LogP contribution in [-0.4, -0.2) is 40.8 Å². The molecular weight excluding hydrogens is 408 g/mol. The van der Waals surface area contributed by atoms with Crippen molar-refractivity contribution in [2.75, 3.05) is 17.9 Å². The van der Waals surface area contributed by atoms with E-state index in [1.807, 2.05) is 5.32 Å². The average Bonchev–Trinajstić information content (AvgIpc) is 2.94. The molecule has 0 spiro atoms. The van der Waals surface area contributed by atoms with Gasteiger partial charge in [0.2, 0.25) is 0 Å². The zero-order valence-electron chi connectivity index (χ0n) is 13.9. The van der Waals surface area contributed by atoms with Crippen molar-refractivity contribution >= 4 is 39.5 Å². The summed E-state index contributed by atoms with van der Waals surface area (Å²) in [7, 11) is 1.52. The maximum absolute atomic E-state index is 12.6. The number of hydrogen-bond acceptors (Lipinski definition) is 4. The Morgan fingerprint density at radius 3 is 2.65 bits per heavy atom. The molecule has 1 unspecified atom stereocenters. The van der Waals surface area contributed by atoms with E-state index in [1.165, 1.54) is 24.9 Å². The summed E-state index contributed by atoms with van der Waals surface area (Å²) >= 11 is 3.26. The second-order valence-electron chi connectivity index (χ2n) is 5.22. The standard InChI is InChI=1S/C16H17BrN4O5/c1-9(18-16(24)25)14(22)20-21-7-6-12(17)13(21)15(23)19-10-4-3-5-11(8-10)26-2/h3-9,18H,1-2H3,(H,19,23)(H,20,22)(H,24,25). The molecule has 0 bridgehead atoms. The van der Waals surface area contributed by atoms with E-state index in [0.717, 1.165) is 0 Å². The first-order valence-corrected chi connectivity index (χ1v) is 8.23. The van der Waals surface area contributed by atoms with Crippen LogP contribution in [0.1, 0.15) is 17.4 Å². The first-order chi connectivity index (χ1) is 12.3. The lowest BCUT2D eigenvalue weighted by Crippen LogP contribution is -2.43. The van der Waals surface area contributed by atoms with Crippen LogP contribution in [0, 0.1) is 0 Å². The van der Waals surface area contributed by atoms with E-state index in [-0.39, 0.29) is 5.69 Å². The third-order valence-electron chi connectivity index (χ3n) is 3.34. The number of ether oxygens (including phenoxy) is 1. The first-order valence-electron chi connectivity index (χ1n) is 7.44. The number of methoxy groups -OCH3 is 1. The molecule has 9 nitrogen and oxygen atoms in total. The Hall–Kier alpha value is -3.01. The van der Waals surface area contributed by atoms with E-state index < -0.39 is 23.9 Å². The fourth-order valence-corrected chi connectivity index (χ4v) is 2.57. The molecular formula is C16H17BrN4O5. The van der Waals surface area contributed by atoms with Crippen molar-refractivity contribution in [1.82, 2.24) is 9.99 Å². The fraction of sp³-hybridized carbons (Fsp3) is 0.188. The van der Waals surface area contributed by atoms with E-state index in [2.05, 4.69) is 26.7 Å². The van der Waals surface area contributed by atoms with Gasteiger partial charge in [-0.3, -0.25) is 19.7 Å². The predicted molar refractivity (Wildman–Crippen MR) is 98.1 cm³/mol. The van der Waals surface area contributed by atoms with Gasteiger partial charge in [0.25, 0.3) is 11.8 Å². The van der Waals surface area contributed by atoms with Gasteiger partial charge in [-0.1, -0.05) is 6.07 Å². The van der Waals surface area contributed by atoms with Crippen molar-refractivity contribution in [3.05, 3.63) is 46.7 Å². The van der Waals surface area contributed by atoms with Crippen LogP contribution in [0.5, 0.6) is 5.75 Å². The van der Waals surface area contributed by atoms with E-state index in [1.54, 1.807) is 30.3 Å². The molecule has 0 radical (unpaired) electrons. The Morgan fingerprint density at radius 1 is 1.27 bits per heavy atom. The average molecular weight is 425 g/mol. The van der Waals surface area contributed by atoms with Crippen molar-refractivity contribution in [3.8, 4) is 5.75 Å². The number of anilines is 1. The number of halogens is 1. The monoisotopic (exact) mass is 424 g/mol. The number of rotatable bonds is 6. The largest absolute Gasteiger partial charge is 0.497 e. The summed E-state index contributed by atoms with van der Waals surface area (Å²) in [6, 6.07) is 7.39. The van der Waals surface area contributed by atoms with Crippen molar-refractivity contribution in [1.29, 1.82) is 0 Å². The van der Waals surface area contributed by atoms with E-state index in [4.69, 9.17) is 9.84 Å². The molecule has 4 N–H and O–H groups in total. The summed E-state index contributed by atoms with van der Waals surface area (Å²) in [5.41, 5.74) is 3.12. The molecule has 26 heavy (non-hydrogen) atoms. The number of benzene rings is 1. The van der Waals surface area contributed by atoms with Gasteiger partial charge in [0, 0.05) is 18.0 Å². The van der Waals surface area contributed by atoms with Crippen molar-refractivity contribution in [3.63, 3.8) is 0 Å². The van der Waals surface area contributed by atoms with E-state index >= 15 is 0 Å². The molecule has 1 heterocycles. The number of nitrogens with zero attached hydrogens (tertiary/aromatic N) is 1. The van der Waals surface area contributed by atoms with Crippen LogP contribution in [0.3, 0.4) is 0 Å². The Bertz CT molecular complexity index is 836. The molecule has 10 heteroatoms. The van der Waals surface area contributed by atoms with Gasteiger partial charge in [0.15, 0.2) is 0 Å². The lowest BCUT2D eigenvalue weighted by molar-refractivity contribution is -0.118. The smallest absolute Gasteiger partial charge is 0.405 e. The van der Waals surface area contributed by atoms with Crippen molar-refractivity contribution in [2.24, 2.45) is 0 Å². The lowest BCUT2D eigenvalue weighted by atomic mass is 10.3. The van der Waals surface area contributed by atoms with E-state index in [9.17, 15) is 14.4 Å². The minimum absolute atomic E-state index is 0.142. The SMILES string of the molecule is COc1cccc(NC(=O)c2c(Br)ccn2NC(=O)C(C)NC(=O)O)c1. The summed E-state index contributed by atoms with van der Waals surface area (Å²) in [6.45, 7) is 1.39. The lowest BCUT2D eigenvalue weighted by Gasteiger charge is -2.15. The molecule has 1 aromatic carbocycles. The minimum atomic E-state index is -1.32. The molecule has 1 atom stereocenters. The summed E-state index contributed by atoms with van der Waals surface area (Å²) in [5, 5.41) is 13.4. The summed E-state index contributed by atoms with van der Waals surface area (Å²) in [4.78, 5) is 35.3. The Labute approximate surface area is 157 Å². The molecule has 1 aromatic heterocycles. The van der Waals surface area contributed by atoms with Crippen LogP contribution >= 0.6 is 15.9 Å². The van der Waals surface area contributed by atoms with Crippen LogP contribution < -0.4 is 20.8 Å². The zero-order valence-corrected chi connectivity index (χ0v) is 15.5. The van der Waals surface area contributed by atoms with Gasteiger partial charge in [-0.2, -0.15) is 0 Å². The van der Waals surface area contributed by atoms with Gasteiger partial charge >= 0.3 is 6.09 Å². The highest BCUT2D eigenvalue weighted by atomic mass is 79.9. The molecule has 3 amide bonds. The van der Waals surface area contributed by atoms with Gasteiger partial charge in [-0.05, 0) is 41.1 Å². The Balaban J connectivity index is 2.16. The highest BCUT2D eigenvalue weighted by molar-refractivity contribution is 9.10. The Morgan fingerprint density at radius 2 is 2.00 bits per heavy atom. The molecule has 0 saturated carbocycles. The molecule has 0 saturated heterocycles. The second-order valence-corrected chi connectivity index (χ2v) is 6.07. The third kappa shape index (κ3) is 4.76. The summed E-state index contributed by atoms with van der Waals surface area (Å²) in [6.07, 6.45) is 0.146. The number of aromatic nitrogens is 1. The first kappa shape index (κ1) is 19.3.